The molecule has 0 aliphatic heterocycles. The summed E-state index contributed by atoms with van der Waals surface area (Å²) in [6.07, 6.45) is 0. The van der Waals surface area contributed by atoms with Crippen molar-refractivity contribution in [3.8, 4) is 0 Å². The average molecular weight is 353 g/mol. The number of benzene rings is 2. The number of hydrogen-bond acceptors (Lipinski definition) is 3. The number of rotatable bonds is 6. The second-order valence-corrected chi connectivity index (χ2v) is 6.88. The van der Waals surface area contributed by atoms with Crippen molar-refractivity contribution in [1.82, 2.24) is 5.32 Å². The van der Waals surface area contributed by atoms with Gasteiger partial charge in [0.15, 0.2) is 0 Å². The maximum atomic E-state index is 12.2. The highest BCUT2D eigenvalue weighted by molar-refractivity contribution is 5.96. The van der Waals surface area contributed by atoms with E-state index >= 15 is 0 Å². The molecule has 0 saturated heterocycles. The summed E-state index contributed by atoms with van der Waals surface area (Å²) in [6, 6.07) is 11.3. The molecule has 5 nitrogen and oxygen atoms in total. The van der Waals surface area contributed by atoms with Gasteiger partial charge in [0.25, 0.3) is 5.91 Å². The van der Waals surface area contributed by atoms with Crippen LogP contribution in [-0.2, 0) is 4.79 Å². The smallest absolute Gasteiger partial charge is 0.251 e. The Balaban J connectivity index is 1.92. The minimum atomic E-state index is -0.110. The summed E-state index contributed by atoms with van der Waals surface area (Å²) < 4.78 is 0. The molecule has 0 unspecified atom stereocenters. The minimum absolute atomic E-state index is 0.0951. The van der Waals surface area contributed by atoms with E-state index in [1.165, 1.54) is 5.56 Å². The summed E-state index contributed by atoms with van der Waals surface area (Å²) in [5, 5.41) is 8.89. The first-order valence-corrected chi connectivity index (χ1v) is 8.78. The topological polar surface area (TPSA) is 70.2 Å². The van der Waals surface area contributed by atoms with Crippen molar-refractivity contribution < 1.29 is 9.59 Å². The molecule has 2 amide bonds. The zero-order valence-corrected chi connectivity index (χ0v) is 16.1. The lowest BCUT2D eigenvalue weighted by Crippen LogP contribution is -2.30. The summed E-state index contributed by atoms with van der Waals surface area (Å²) in [5.74, 6) is -0.212. The highest BCUT2D eigenvalue weighted by atomic mass is 16.2. The molecule has 0 fully saturated rings. The average Bonchev–Trinajstić information content (AvgIpc) is 2.56. The number of amides is 2. The van der Waals surface area contributed by atoms with Crippen molar-refractivity contribution >= 4 is 23.2 Å². The molecular formula is C21H27N3O2. The number of anilines is 2. The molecule has 0 saturated carbocycles. The van der Waals surface area contributed by atoms with Crippen LogP contribution in [0.25, 0.3) is 0 Å². The fourth-order valence-electron chi connectivity index (χ4n) is 2.83. The van der Waals surface area contributed by atoms with Crippen molar-refractivity contribution in [3.63, 3.8) is 0 Å². The van der Waals surface area contributed by atoms with E-state index in [2.05, 4.69) is 28.1 Å². The zero-order chi connectivity index (χ0) is 19.3. The highest BCUT2D eigenvalue weighted by Crippen LogP contribution is 2.21. The summed E-state index contributed by atoms with van der Waals surface area (Å²) in [7, 11) is 0. The van der Waals surface area contributed by atoms with Crippen LogP contribution in [0, 0.1) is 20.8 Å². The molecule has 2 aromatic carbocycles. The van der Waals surface area contributed by atoms with Crippen LogP contribution < -0.4 is 16.0 Å². The van der Waals surface area contributed by atoms with Crippen LogP contribution in [0.1, 0.15) is 40.9 Å². The van der Waals surface area contributed by atoms with Gasteiger partial charge in [0.2, 0.25) is 5.91 Å². The van der Waals surface area contributed by atoms with Crippen molar-refractivity contribution in [3.05, 3.63) is 58.7 Å². The summed E-state index contributed by atoms with van der Waals surface area (Å²) >= 11 is 0. The Morgan fingerprint density at radius 3 is 2.08 bits per heavy atom. The first kappa shape index (κ1) is 19.5. The van der Waals surface area contributed by atoms with Gasteiger partial charge >= 0.3 is 0 Å². The Labute approximate surface area is 155 Å². The number of hydrogen-bond donors (Lipinski definition) is 3. The van der Waals surface area contributed by atoms with E-state index in [1.54, 1.807) is 24.3 Å². The maximum absolute atomic E-state index is 12.2. The van der Waals surface area contributed by atoms with E-state index in [-0.39, 0.29) is 24.4 Å². The van der Waals surface area contributed by atoms with E-state index in [9.17, 15) is 9.59 Å². The molecule has 0 aliphatic carbocycles. The lowest BCUT2D eigenvalue weighted by Gasteiger charge is -2.14. The highest BCUT2D eigenvalue weighted by Gasteiger charge is 2.09. The van der Waals surface area contributed by atoms with Gasteiger partial charge in [-0.2, -0.15) is 0 Å². The molecule has 0 aliphatic rings. The van der Waals surface area contributed by atoms with E-state index in [1.807, 2.05) is 34.6 Å². The van der Waals surface area contributed by atoms with Gasteiger partial charge in [0.1, 0.15) is 0 Å². The second-order valence-electron chi connectivity index (χ2n) is 6.88. The molecule has 0 bridgehead atoms. The third-order valence-corrected chi connectivity index (χ3v) is 3.96. The van der Waals surface area contributed by atoms with E-state index in [0.29, 0.717) is 5.56 Å². The number of carbonyl (C=O) groups excluding carboxylic acids is 2. The molecule has 3 N–H and O–H groups in total. The van der Waals surface area contributed by atoms with Crippen LogP contribution in [-0.4, -0.2) is 24.4 Å². The molecule has 0 heterocycles. The van der Waals surface area contributed by atoms with Crippen LogP contribution in [0.2, 0.25) is 0 Å². The van der Waals surface area contributed by atoms with Crippen molar-refractivity contribution in [2.75, 3.05) is 17.2 Å². The van der Waals surface area contributed by atoms with Gasteiger partial charge in [0, 0.05) is 23.0 Å². The Kier molecular flexibility index (Phi) is 6.39. The SMILES string of the molecule is Cc1cc(C)c(NC(=O)CNc2ccc(C(=O)NC(C)C)cc2)c(C)c1. The summed E-state index contributed by atoms with van der Waals surface area (Å²) in [4.78, 5) is 24.2. The lowest BCUT2D eigenvalue weighted by molar-refractivity contribution is -0.114. The third kappa shape index (κ3) is 5.34. The van der Waals surface area contributed by atoms with Crippen LogP contribution in [0.15, 0.2) is 36.4 Å². The van der Waals surface area contributed by atoms with Gasteiger partial charge in [-0.15, -0.1) is 0 Å². The largest absolute Gasteiger partial charge is 0.376 e. The van der Waals surface area contributed by atoms with Gasteiger partial charge in [0.05, 0.1) is 6.54 Å². The molecule has 138 valence electrons. The molecule has 0 atom stereocenters. The zero-order valence-electron chi connectivity index (χ0n) is 16.1. The Hall–Kier alpha value is -2.82. The van der Waals surface area contributed by atoms with Gasteiger partial charge in [-0.25, -0.2) is 0 Å². The molecule has 2 rings (SSSR count). The number of carbonyl (C=O) groups is 2. The van der Waals surface area contributed by atoms with Crippen LogP contribution >= 0.6 is 0 Å². The fourth-order valence-corrected chi connectivity index (χ4v) is 2.83. The standard InChI is InChI=1S/C21H27N3O2/c1-13(2)23-21(26)17-6-8-18(9-7-17)22-12-19(25)24-20-15(4)10-14(3)11-16(20)5/h6-11,13,22H,12H2,1-5H3,(H,23,26)(H,24,25). The number of nitrogens with one attached hydrogen (secondary N) is 3. The minimum Gasteiger partial charge on any atom is -0.376 e. The Morgan fingerprint density at radius 2 is 1.54 bits per heavy atom. The normalized spacial score (nSPS) is 10.5. The van der Waals surface area contributed by atoms with Crippen molar-refractivity contribution in [2.45, 2.75) is 40.7 Å². The molecule has 26 heavy (non-hydrogen) atoms. The second kappa shape index (κ2) is 8.52. The molecule has 2 aromatic rings. The Morgan fingerprint density at radius 1 is 0.962 bits per heavy atom. The first-order chi connectivity index (χ1) is 12.3. The first-order valence-electron chi connectivity index (χ1n) is 8.78. The monoisotopic (exact) mass is 353 g/mol. The molecule has 5 heteroatoms. The maximum Gasteiger partial charge on any atom is 0.251 e. The van der Waals surface area contributed by atoms with Crippen LogP contribution in [0.4, 0.5) is 11.4 Å². The van der Waals surface area contributed by atoms with Crippen LogP contribution in [0.5, 0.6) is 0 Å². The summed E-state index contributed by atoms with van der Waals surface area (Å²) in [5.41, 5.74) is 5.53. The van der Waals surface area contributed by atoms with Gasteiger partial charge in [-0.3, -0.25) is 9.59 Å². The fraction of sp³-hybridized carbons (Fsp3) is 0.333. The van der Waals surface area contributed by atoms with Crippen molar-refractivity contribution in [1.29, 1.82) is 0 Å². The third-order valence-electron chi connectivity index (χ3n) is 3.96. The molecule has 0 radical (unpaired) electrons. The van der Waals surface area contributed by atoms with Gasteiger partial charge in [-0.05, 0) is 70.0 Å². The lowest BCUT2D eigenvalue weighted by atomic mass is 10.1. The molecular weight excluding hydrogens is 326 g/mol. The van der Waals surface area contributed by atoms with Crippen molar-refractivity contribution in [2.24, 2.45) is 0 Å². The van der Waals surface area contributed by atoms with Gasteiger partial charge in [-0.1, -0.05) is 17.7 Å². The molecule has 0 aromatic heterocycles. The van der Waals surface area contributed by atoms with Gasteiger partial charge < -0.3 is 16.0 Å². The van der Waals surface area contributed by atoms with E-state index in [0.717, 1.165) is 22.5 Å². The van der Waals surface area contributed by atoms with Crippen LogP contribution in [0.3, 0.4) is 0 Å². The Bertz CT molecular complexity index is 772. The number of aryl methyl sites for hydroxylation is 3. The predicted molar refractivity (Wildman–Crippen MR) is 107 cm³/mol. The molecule has 0 spiro atoms. The summed E-state index contributed by atoms with van der Waals surface area (Å²) in [6.45, 7) is 10.0. The quantitative estimate of drug-likeness (QED) is 0.740. The van der Waals surface area contributed by atoms with E-state index < -0.39 is 0 Å². The predicted octanol–water partition coefficient (Wildman–Crippen LogP) is 3.80. The van der Waals surface area contributed by atoms with E-state index in [4.69, 9.17) is 0 Å².